The molecule has 0 radical (unpaired) electrons. The number of non-ortho nitro benzene ring substituents is 1. The van der Waals surface area contributed by atoms with Crippen LogP contribution in [0, 0.1) is 22.0 Å². The monoisotopic (exact) mass is 307 g/mol. The van der Waals surface area contributed by atoms with E-state index in [1.807, 2.05) is 0 Å². The van der Waals surface area contributed by atoms with E-state index in [-0.39, 0.29) is 30.0 Å². The summed E-state index contributed by atoms with van der Waals surface area (Å²) in [6, 6.07) is 4.34. The van der Waals surface area contributed by atoms with E-state index >= 15 is 0 Å². The van der Waals surface area contributed by atoms with Gasteiger partial charge in [0.05, 0.1) is 12.0 Å². The summed E-state index contributed by atoms with van der Waals surface area (Å²) in [5.41, 5.74) is 6.26. The summed E-state index contributed by atoms with van der Waals surface area (Å²) in [7, 11) is 1.49. The van der Waals surface area contributed by atoms with Crippen LogP contribution in [0.2, 0.25) is 0 Å². The first-order valence-electron chi connectivity index (χ1n) is 7.36. The van der Waals surface area contributed by atoms with Crippen molar-refractivity contribution in [1.29, 1.82) is 0 Å². The SMILES string of the molecule is COc1ccc([N+](=O)[O-])cc1CNC(=O)[C@@H]1CCC[C@@H]1CN. The topological polar surface area (TPSA) is 107 Å². The molecule has 7 nitrogen and oxygen atoms in total. The smallest absolute Gasteiger partial charge is 0.270 e. The largest absolute Gasteiger partial charge is 0.496 e. The molecular formula is C15H21N3O4. The highest BCUT2D eigenvalue weighted by atomic mass is 16.6. The molecule has 0 saturated heterocycles. The summed E-state index contributed by atoms with van der Waals surface area (Å²) in [6.45, 7) is 0.718. The van der Waals surface area contributed by atoms with E-state index < -0.39 is 4.92 Å². The van der Waals surface area contributed by atoms with Crippen molar-refractivity contribution < 1.29 is 14.5 Å². The second kappa shape index (κ2) is 7.22. The van der Waals surface area contributed by atoms with Crippen molar-refractivity contribution in [3.05, 3.63) is 33.9 Å². The second-order valence-corrected chi connectivity index (χ2v) is 5.50. The molecule has 1 aliphatic carbocycles. The molecule has 22 heavy (non-hydrogen) atoms. The van der Waals surface area contributed by atoms with Crippen LogP contribution in [-0.2, 0) is 11.3 Å². The van der Waals surface area contributed by atoms with E-state index in [0.717, 1.165) is 19.3 Å². The Hall–Kier alpha value is -2.15. The maximum Gasteiger partial charge on any atom is 0.270 e. The molecule has 0 spiro atoms. The molecule has 1 aromatic rings. The summed E-state index contributed by atoms with van der Waals surface area (Å²) >= 11 is 0. The van der Waals surface area contributed by atoms with Crippen LogP contribution in [0.3, 0.4) is 0 Å². The number of nitro groups is 1. The van der Waals surface area contributed by atoms with Gasteiger partial charge in [-0.05, 0) is 31.4 Å². The lowest BCUT2D eigenvalue weighted by atomic mass is 9.95. The van der Waals surface area contributed by atoms with Crippen LogP contribution in [0.25, 0.3) is 0 Å². The summed E-state index contributed by atoms with van der Waals surface area (Å²) in [4.78, 5) is 22.6. The first-order chi connectivity index (χ1) is 10.6. The maximum atomic E-state index is 12.3. The third-order valence-electron chi connectivity index (χ3n) is 4.23. The van der Waals surface area contributed by atoms with Crippen molar-refractivity contribution in [2.75, 3.05) is 13.7 Å². The molecule has 1 aromatic carbocycles. The minimum atomic E-state index is -0.466. The van der Waals surface area contributed by atoms with E-state index in [4.69, 9.17) is 10.5 Å². The Morgan fingerprint density at radius 3 is 2.91 bits per heavy atom. The van der Waals surface area contributed by atoms with Crippen molar-refractivity contribution in [2.45, 2.75) is 25.8 Å². The van der Waals surface area contributed by atoms with Gasteiger partial charge >= 0.3 is 0 Å². The highest BCUT2D eigenvalue weighted by Crippen LogP contribution is 2.31. The van der Waals surface area contributed by atoms with Crippen LogP contribution < -0.4 is 15.8 Å². The molecule has 1 saturated carbocycles. The first kappa shape index (κ1) is 16.2. The maximum absolute atomic E-state index is 12.3. The molecular weight excluding hydrogens is 286 g/mol. The van der Waals surface area contributed by atoms with E-state index in [9.17, 15) is 14.9 Å². The number of amides is 1. The minimum absolute atomic E-state index is 0.0225. The van der Waals surface area contributed by atoms with Gasteiger partial charge in [0.1, 0.15) is 5.75 Å². The highest BCUT2D eigenvalue weighted by Gasteiger charge is 2.31. The summed E-state index contributed by atoms with van der Waals surface area (Å²) in [5, 5.41) is 13.7. The van der Waals surface area contributed by atoms with Crippen LogP contribution in [-0.4, -0.2) is 24.5 Å². The Balaban J connectivity index is 2.05. The van der Waals surface area contributed by atoms with Crippen LogP contribution >= 0.6 is 0 Å². The number of hydrogen-bond acceptors (Lipinski definition) is 5. The molecule has 0 heterocycles. The molecule has 1 amide bonds. The Morgan fingerprint density at radius 2 is 2.27 bits per heavy atom. The number of carbonyl (C=O) groups excluding carboxylic acids is 1. The van der Waals surface area contributed by atoms with E-state index in [1.165, 1.54) is 25.3 Å². The Kier molecular flexibility index (Phi) is 5.32. The number of benzene rings is 1. The molecule has 3 N–H and O–H groups in total. The zero-order valence-corrected chi connectivity index (χ0v) is 12.6. The van der Waals surface area contributed by atoms with Crippen molar-refractivity contribution >= 4 is 11.6 Å². The summed E-state index contributed by atoms with van der Waals surface area (Å²) in [6.07, 6.45) is 2.84. The lowest BCUT2D eigenvalue weighted by Gasteiger charge is -2.18. The molecule has 0 unspecified atom stereocenters. The quantitative estimate of drug-likeness (QED) is 0.613. The fourth-order valence-electron chi connectivity index (χ4n) is 2.99. The molecule has 0 aromatic heterocycles. The summed E-state index contributed by atoms with van der Waals surface area (Å²) in [5.74, 6) is 0.649. The summed E-state index contributed by atoms with van der Waals surface area (Å²) < 4.78 is 5.19. The molecule has 0 aliphatic heterocycles. The molecule has 1 fully saturated rings. The van der Waals surface area contributed by atoms with Gasteiger partial charge in [-0.15, -0.1) is 0 Å². The van der Waals surface area contributed by atoms with Crippen molar-refractivity contribution in [1.82, 2.24) is 5.32 Å². The van der Waals surface area contributed by atoms with Gasteiger partial charge < -0.3 is 15.8 Å². The van der Waals surface area contributed by atoms with Crippen molar-refractivity contribution in [3.8, 4) is 5.75 Å². The highest BCUT2D eigenvalue weighted by molar-refractivity contribution is 5.79. The van der Waals surface area contributed by atoms with Crippen LogP contribution in [0.5, 0.6) is 5.75 Å². The lowest BCUT2D eigenvalue weighted by Crippen LogP contribution is -2.34. The predicted molar refractivity (Wildman–Crippen MR) is 81.4 cm³/mol. The van der Waals surface area contributed by atoms with Gasteiger partial charge in [0.25, 0.3) is 5.69 Å². The van der Waals surface area contributed by atoms with E-state index in [1.54, 1.807) is 0 Å². The minimum Gasteiger partial charge on any atom is -0.496 e. The Labute approximate surface area is 129 Å². The van der Waals surface area contributed by atoms with Crippen molar-refractivity contribution in [2.24, 2.45) is 17.6 Å². The van der Waals surface area contributed by atoms with Gasteiger partial charge in [-0.2, -0.15) is 0 Å². The number of rotatable bonds is 6. The fraction of sp³-hybridized carbons (Fsp3) is 0.533. The van der Waals surface area contributed by atoms with Gasteiger partial charge in [-0.1, -0.05) is 6.42 Å². The second-order valence-electron chi connectivity index (χ2n) is 5.50. The van der Waals surface area contributed by atoms with E-state index in [0.29, 0.717) is 17.9 Å². The molecule has 0 bridgehead atoms. The number of nitrogens with one attached hydrogen (secondary N) is 1. The van der Waals surface area contributed by atoms with E-state index in [2.05, 4.69) is 5.32 Å². The lowest BCUT2D eigenvalue weighted by molar-refractivity contribution is -0.384. The first-order valence-corrected chi connectivity index (χ1v) is 7.36. The Morgan fingerprint density at radius 1 is 1.50 bits per heavy atom. The third-order valence-corrected chi connectivity index (χ3v) is 4.23. The van der Waals surface area contributed by atoms with Gasteiger partial charge in [-0.3, -0.25) is 14.9 Å². The number of methoxy groups -OCH3 is 1. The number of carbonyl (C=O) groups is 1. The number of nitrogens with two attached hydrogens (primary N) is 1. The molecule has 2 rings (SSSR count). The number of ether oxygens (including phenoxy) is 1. The standard InChI is InChI=1S/C15H21N3O4/c1-22-14-6-5-12(18(20)21)7-11(14)9-17-15(19)13-4-2-3-10(13)8-16/h5-7,10,13H,2-4,8-9,16H2,1H3,(H,17,19)/t10-,13-/m1/s1. The molecule has 7 heteroatoms. The molecule has 1 aliphatic rings. The van der Waals surface area contributed by atoms with Gasteiger partial charge in [0.15, 0.2) is 0 Å². The van der Waals surface area contributed by atoms with Crippen molar-refractivity contribution in [3.63, 3.8) is 0 Å². The fourth-order valence-corrected chi connectivity index (χ4v) is 2.99. The van der Waals surface area contributed by atoms with Gasteiger partial charge in [-0.25, -0.2) is 0 Å². The average molecular weight is 307 g/mol. The number of nitrogens with zero attached hydrogens (tertiary/aromatic N) is 1. The number of hydrogen-bond donors (Lipinski definition) is 2. The number of nitro benzene ring substituents is 1. The Bertz CT molecular complexity index is 562. The normalized spacial score (nSPS) is 20.6. The predicted octanol–water partition coefficient (Wildman–Crippen LogP) is 1.59. The van der Waals surface area contributed by atoms with Crippen LogP contribution in [0.15, 0.2) is 18.2 Å². The average Bonchev–Trinajstić information content (AvgIpc) is 3.00. The molecule has 120 valence electrons. The van der Waals surface area contributed by atoms with Crippen LogP contribution in [0.4, 0.5) is 5.69 Å². The third kappa shape index (κ3) is 3.54. The molecule has 2 atom stereocenters. The zero-order valence-electron chi connectivity index (χ0n) is 12.6. The van der Waals surface area contributed by atoms with Gasteiger partial charge in [0.2, 0.25) is 5.91 Å². The zero-order chi connectivity index (χ0) is 16.1. The van der Waals surface area contributed by atoms with Crippen LogP contribution in [0.1, 0.15) is 24.8 Å². The van der Waals surface area contributed by atoms with Gasteiger partial charge in [0, 0.05) is 30.2 Å².